The van der Waals surface area contributed by atoms with Crippen molar-refractivity contribution in [2.75, 3.05) is 26.2 Å². The molecule has 8 heteroatoms. The molecule has 0 saturated carbocycles. The van der Waals surface area contributed by atoms with Crippen molar-refractivity contribution >= 4 is 23.6 Å². The van der Waals surface area contributed by atoms with E-state index in [0.29, 0.717) is 38.9 Å². The van der Waals surface area contributed by atoms with Crippen molar-refractivity contribution in [2.24, 2.45) is 5.92 Å². The van der Waals surface area contributed by atoms with Crippen LogP contribution >= 0.6 is 0 Å². The van der Waals surface area contributed by atoms with Crippen LogP contribution in [0, 0.1) is 5.92 Å². The SMILES string of the molecule is CC(=O)NC(CC(C)C)C(=O)N1CCC(C)(NC(=O)CN2CCCCC2=O)C1. The van der Waals surface area contributed by atoms with Gasteiger partial charge in [-0.2, -0.15) is 0 Å². The predicted octanol–water partition coefficient (Wildman–Crippen LogP) is 0.657. The standard InChI is InChI=1S/C20H34N4O4/c1-14(2)11-16(21-15(3)25)19(28)24-10-8-20(4,13-24)22-17(26)12-23-9-6-5-7-18(23)27/h14,16H,5-13H2,1-4H3,(H,21,25)(H,22,26). The zero-order chi connectivity index (χ0) is 20.9. The van der Waals surface area contributed by atoms with E-state index in [0.717, 1.165) is 12.8 Å². The molecular formula is C20H34N4O4. The summed E-state index contributed by atoms with van der Waals surface area (Å²) in [5.74, 6) is -0.209. The molecule has 0 radical (unpaired) electrons. The van der Waals surface area contributed by atoms with Crippen LogP contribution in [-0.2, 0) is 19.2 Å². The zero-order valence-corrected chi connectivity index (χ0v) is 17.5. The van der Waals surface area contributed by atoms with Crippen LogP contribution in [0.4, 0.5) is 0 Å². The second kappa shape index (κ2) is 9.39. The minimum atomic E-state index is -0.540. The number of nitrogens with one attached hydrogen (secondary N) is 2. The van der Waals surface area contributed by atoms with E-state index in [-0.39, 0.29) is 36.1 Å². The van der Waals surface area contributed by atoms with Gasteiger partial charge in [0.15, 0.2) is 0 Å². The summed E-state index contributed by atoms with van der Waals surface area (Å²) >= 11 is 0. The summed E-state index contributed by atoms with van der Waals surface area (Å²) in [5, 5.41) is 5.77. The van der Waals surface area contributed by atoms with E-state index in [9.17, 15) is 19.2 Å². The van der Waals surface area contributed by atoms with Crippen molar-refractivity contribution in [1.29, 1.82) is 0 Å². The maximum absolute atomic E-state index is 12.9. The average molecular weight is 395 g/mol. The Morgan fingerprint density at radius 1 is 1.18 bits per heavy atom. The fourth-order valence-corrected chi connectivity index (χ4v) is 3.99. The molecule has 0 bridgehead atoms. The molecule has 2 fully saturated rings. The number of carbonyl (C=O) groups is 4. The van der Waals surface area contributed by atoms with E-state index in [1.165, 1.54) is 6.92 Å². The van der Waals surface area contributed by atoms with Crippen LogP contribution in [0.5, 0.6) is 0 Å². The monoisotopic (exact) mass is 394 g/mol. The highest BCUT2D eigenvalue weighted by atomic mass is 16.2. The average Bonchev–Trinajstić information content (AvgIpc) is 2.96. The molecule has 2 atom stereocenters. The van der Waals surface area contributed by atoms with Gasteiger partial charge in [-0.1, -0.05) is 13.8 Å². The molecule has 2 unspecified atom stereocenters. The number of amides is 4. The number of piperidine rings is 1. The van der Waals surface area contributed by atoms with Gasteiger partial charge in [-0.3, -0.25) is 19.2 Å². The van der Waals surface area contributed by atoms with Gasteiger partial charge in [-0.25, -0.2) is 0 Å². The molecule has 2 rings (SSSR count). The van der Waals surface area contributed by atoms with Crippen LogP contribution in [0.1, 0.15) is 59.8 Å². The Labute approximate surface area is 167 Å². The Morgan fingerprint density at radius 3 is 2.50 bits per heavy atom. The lowest BCUT2D eigenvalue weighted by atomic mass is 10.0. The van der Waals surface area contributed by atoms with Gasteiger partial charge in [-0.15, -0.1) is 0 Å². The molecule has 0 aromatic heterocycles. The van der Waals surface area contributed by atoms with Crippen LogP contribution < -0.4 is 10.6 Å². The lowest BCUT2D eigenvalue weighted by molar-refractivity contribution is -0.138. The van der Waals surface area contributed by atoms with Gasteiger partial charge in [-0.05, 0) is 38.5 Å². The molecule has 2 heterocycles. The second-order valence-corrected chi connectivity index (χ2v) is 8.77. The first kappa shape index (κ1) is 22.2. The fraction of sp³-hybridized carbons (Fsp3) is 0.800. The van der Waals surface area contributed by atoms with Crippen molar-refractivity contribution in [3.05, 3.63) is 0 Å². The minimum absolute atomic E-state index is 0.0293. The maximum Gasteiger partial charge on any atom is 0.245 e. The van der Waals surface area contributed by atoms with Crippen molar-refractivity contribution in [3.63, 3.8) is 0 Å². The molecule has 8 nitrogen and oxygen atoms in total. The normalized spacial score (nSPS) is 23.7. The molecule has 0 aromatic carbocycles. The van der Waals surface area contributed by atoms with Crippen molar-refractivity contribution in [1.82, 2.24) is 20.4 Å². The third-order valence-corrected chi connectivity index (χ3v) is 5.36. The Hall–Kier alpha value is -2.12. The van der Waals surface area contributed by atoms with E-state index in [1.54, 1.807) is 9.80 Å². The first-order valence-electron chi connectivity index (χ1n) is 10.2. The van der Waals surface area contributed by atoms with E-state index in [2.05, 4.69) is 10.6 Å². The van der Waals surface area contributed by atoms with Gasteiger partial charge >= 0.3 is 0 Å². The third kappa shape index (κ3) is 6.21. The first-order chi connectivity index (χ1) is 13.1. The van der Waals surface area contributed by atoms with E-state index < -0.39 is 11.6 Å². The molecule has 2 N–H and O–H groups in total. The quantitative estimate of drug-likeness (QED) is 0.663. The minimum Gasteiger partial charge on any atom is -0.348 e. The summed E-state index contributed by atoms with van der Waals surface area (Å²) in [7, 11) is 0. The molecule has 2 saturated heterocycles. The smallest absolute Gasteiger partial charge is 0.245 e. The molecular weight excluding hydrogens is 360 g/mol. The van der Waals surface area contributed by atoms with Gasteiger partial charge in [0.1, 0.15) is 6.04 Å². The molecule has 2 aliphatic heterocycles. The van der Waals surface area contributed by atoms with E-state index in [1.807, 2.05) is 20.8 Å². The van der Waals surface area contributed by atoms with Crippen molar-refractivity contribution in [3.8, 4) is 0 Å². The van der Waals surface area contributed by atoms with Crippen LogP contribution in [-0.4, -0.2) is 71.2 Å². The highest BCUT2D eigenvalue weighted by Crippen LogP contribution is 2.23. The summed E-state index contributed by atoms with van der Waals surface area (Å²) < 4.78 is 0. The second-order valence-electron chi connectivity index (χ2n) is 8.77. The third-order valence-electron chi connectivity index (χ3n) is 5.36. The van der Waals surface area contributed by atoms with Gasteiger partial charge in [0, 0.05) is 33.0 Å². The molecule has 28 heavy (non-hydrogen) atoms. The molecule has 4 amide bonds. The van der Waals surface area contributed by atoms with Crippen molar-refractivity contribution < 1.29 is 19.2 Å². The summed E-state index contributed by atoms with van der Waals surface area (Å²) in [6.45, 7) is 9.00. The van der Waals surface area contributed by atoms with Crippen LogP contribution in [0.2, 0.25) is 0 Å². The fourth-order valence-electron chi connectivity index (χ4n) is 3.99. The molecule has 0 aliphatic carbocycles. The molecule has 0 aromatic rings. The Balaban J connectivity index is 1.92. The Morgan fingerprint density at radius 2 is 1.89 bits per heavy atom. The van der Waals surface area contributed by atoms with Gasteiger partial charge < -0.3 is 20.4 Å². The number of rotatable bonds is 7. The largest absolute Gasteiger partial charge is 0.348 e. The summed E-state index contributed by atoms with van der Waals surface area (Å²) in [6, 6.07) is -0.540. The van der Waals surface area contributed by atoms with Gasteiger partial charge in [0.2, 0.25) is 23.6 Å². The highest BCUT2D eigenvalue weighted by Gasteiger charge is 2.39. The number of hydrogen-bond acceptors (Lipinski definition) is 4. The van der Waals surface area contributed by atoms with E-state index >= 15 is 0 Å². The lowest BCUT2D eigenvalue weighted by Crippen LogP contribution is -2.54. The van der Waals surface area contributed by atoms with Crippen LogP contribution in [0.3, 0.4) is 0 Å². The van der Waals surface area contributed by atoms with Crippen molar-refractivity contribution in [2.45, 2.75) is 71.4 Å². The predicted molar refractivity (Wildman–Crippen MR) is 105 cm³/mol. The zero-order valence-electron chi connectivity index (χ0n) is 17.5. The van der Waals surface area contributed by atoms with E-state index in [4.69, 9.17) is 0 Å². The molecule has 0 spiro atoms. The van der Waals surface area contributed by atoms with Gasteiger partial charge in [0.05, 0.1) is 12.1 Å². The topological polar surface area (TPSA) is 98.8 Å². The number of nitrogens with zero attached hydrogens (tertiary/aromatic N) is 2. The van der Waals surface area contributed by atoms with Crippen LogP contribution in [0.15, 0.2) is 0 Å². The molecule has 2 aliphatic rings. The van der Waals surface area contributed by atoms with Gasteiger partial charge in [0.25, 0.3) is 0 Å². The number of likely N-dealkylation sites (tertiary alicyclic amines) is 2. The first-order valence-corrected chi connectivity index (χ1v) is 10.2. The number of carbonyl (C=O) groups excluding carboxylic acids is 4. The molecule has 158 valence electrons. The lowest BCUT2D eigenvalue weighted by Gasteiger charge is -2.31. The summed E-state index contributed by atoms with van der Waals surface area (Å²) in [4.78, 5) is 52.0. The Kier molecular flexibility index (Phi) is 7.43. The summed E-state index contributed by atoms with van der Waals surface area (Å²) in [5.41, 5.74) is -0.524. The van der Waals surface area contributed by atoms with Crippen LogP contribution in [0.25, 0.3) is 0 Å². The Bertz CT molecular complexity index is 621. The maximum atomic E-state index is 12.9. The summed E-state index contributed by atoms with van der Waals surface area (Å²) in [6.07, 6.45) is 3.55. The number of hydrogen-bond donors (Lipinski definition) is 2. The highest BCUT2D eigenvalue weighted by molar-refractivity contribution is 5.88.